The van der Waals surface area contributed by atoms with Crippen molar-refractivity contribution in [2.45, 2.75) is 219 Å². The minimum Gasteiger partial charge on any atom is -0.458 e. The van der Waals surface area contributed by atoms with Crippen LogP contribution < -0.4 is 5.32 Å². The van der Waals surface area contributed by atoms with Crippen molar-refractivity contribution >= 4 is 11.9 Å². The average molecular weight is 794 g/mol. The van der Waals surface area contributed by atoms with Crippen LogP contribution in [-0.2, 0) is 14.3 Å². The van der Waals surface area contributed by atoms with Crippen LogP contribution in [0.4, 0.5) is 0 Å². The van der Waals surface area contributed by atoms with E-state index in [0.29, 0.717) is 19.3 Å². The molecule has 326 valence electrons. The summed E-state index contributed by atoms with van der Waals surface area (Å²) >= 11 is 0. The number of hydrogen-bond acceptors (Lipinski definition) is 5. The quantitative estimate of drug-likeness (QED) is 0.0326. The Bertz CT molecular complexity index is 1120. The zero-order chi connectivity index (χ0) is 41.7. The highest BCUT2D eigenvalue weighted by molar-refractivity contribution is 5.78. The van der Waals surface area contributed by atoms with Gasteiger partial charge >= 0.3 is 5.97 Å². The number of esters is 1. The summed E-state index contributed by atoms with van der Waals surface area (Å²) in [5.74, 6) is -0.646. The maximum absolute atomic E-state index is 13.1. The Morgan fingerprint density at radius 3 is 1.49 bits per heavy atom. The summed E-state index contributed by atoms with van der Waals surface area (Å²) in [5, 5.41) is 23.6. The average Bonchev–Trinajstić information content (AvgIpc) is 3.20. The first-order chi connectivity index (χ1) is 28.0. The molecule has 57 heavy (non-hydrogen) atoms. The van der Waals surface area contributed by atoms with Crippen LogP contribution in [0.3, 0.4) is 0 Å². The molecule has 1 amide bonds. The van der Waals surface area contributed by atoms with E-state index >= 15 is 0 Å². The Kier molecular flexibility index (Phi) is 41.9. The van der Waals surface area contributed by atoms with E-state index in [9.17, 15) is 19.8 Å². The van der Waals surface area contributed by atoms with Crippen molar-refractivity contribution in [3.63, 3.8) is 0 Å². The molecule has 0 saturated carbocycles. The molecule has 0 aliphatic carbocycles. The molecule has 3 atom stereocenters. The molecule has 0 spiro atoms. The largest absolute Gasteiger partial charge is 0.458 e. The lowest BCUT2D eigenvalue weighted by molar-refractivity contribution is -0.148. The van der Waals surface area contributed by atoms with Crippen molar-refractivity contribution in [2.24, 2.45) is 0 Å². The van der Waals surface area contributed by atoms with E-state index in [1.165, 1.54) is 70.6 Å². The van der Waals surface area contributed by atoms with Gasteiger partial charge in [0, 0.05) is 6.42 Å². The predicted molar refractivity (Wildman–Crippen MR) is 245 cm³/mol. The van der Waals surface area contributed by atoms with Gasteiger partial charge < -0.3 is 20.3 Å². The number of carbonyl (C=O) groups excluding carboxylic acids is 2. The Balaban J connectivity index is 4.79. The summed E-state index contributed by atoms with van der Waals surface area (Å²) in [6, 6.07) is -0.745. The fourth-order valence-electron chi connectivity index (χ4n) is 6.49. The summed E-state index contributed by atoms with van der Waals surface area (Å²) in [7, 11) is 0. The number of aliphatic hydroxyl groups is 2. The molecule has 0 bridgehead atoms. The number of hydrogen-bond donors (Lipinski definition) is 3. The fourth-order valence-corrected chi connectivity index (χ4v) is 6.49. The third kappa shape index (κ3) is 39.6. The Morgan fingerprint density at radius 2 is 0.982 bits per heavy atom. The molecule has 3 N–H and O–H groups in total. The molecule has 0 heterocycles. The highest BCUT2D eigenvalue weighted by Gasteiger charge is 2.23. The van der Waals surface area contributed by atoms with Gasteiger partial charge in [-0.3, -0.25) is 9.59 Å². The summed E-state index contributed by atoms with van der Waals surface area (Å²) in [4.78, 5) is 26.0. The molecule has 6 heteroatoms. The number of allylic oxidation sites excluding steroid dienone is 13. The zero-order valence-corrected chi connectivity index (χ0v) is 36.9. The van der Waals surface area contributed by atoms with Crippen molar-refractivity contribution in [3.8, 4) is 0 Å². The van der Waals surface area contributed by atoms with Gasteiger partial charge in [0.1, 0.15) is 6.10 Å². The summed E-state index contributed by atoms with van der Waals surface area (Å²) in [6.45, 7) is 6.19. The molecule has 0 radical (unpaired) electrons. The third-order valence-electron chi connectivity index (χ3n) is 9.97. The molecular formula is C51H87NO5. The molecule has 0 aromatic carbocycles. The van der Waals surface area contributed by atoms with E-state index in [-0.39, 0.29) is 24.9 Å². The summed E-state index contributed by atoms with van der Waals surface area (Å²) < 4.78 is 5.79. The molecule has 6 nitrogen and oxygen atoms in total. The second-order valence-corrected chi connectivity index (χ2v) is 15.4. The fraction of sp³-hybridized carbons (Fsp3) is 0.686. The van der Waals surface area contributed by atoms with Crippen LogP contribution in [0.2, 0.25) is 0 Å². The number of aliphatic hydroxyl groups excluding tert-OH is 2. The van der Waals surface area contributed by atoms with Crippen molar-refractivity contribution < 1.29 is 24.5 Å². The Hall–Kier alpha value is -2.96. The molecule has 3 unspecified atom stereocenters. The van der Waals surface area contributed by atoms with Gasteiger partial charge in [0.25, 0.3) is 0 Å². The minimum atomic E-state index is -0.822. The first-order valence-electron chi connectivity index (χ1n) is 23.3. The second-order valence-electron chi connectivity index (χ2n) is 15.4. The number of nitrogens with one attached hydrogen (secondary N) is 1. The lowest BCUT2D eigenvalue weighted by Gasteiger charge is -2.23. The monoisotopic (exact) mass is 794 g/mol. The first kappa shape index (κ1) is 54.0. The van der Waals surface area contributed by atoms with Crippen molar-refractivity contribution in [2.75, 3.05) is 6.61 Å². The van der Waals surface area contributed by atoms with Crippen LogP contribution in [0.1, 0.15) is 201 Å². The van der Waals surface area contributed by atoms with Crippen LogP contribution in [0, 0.1) is 0 Å². The maximum Gasteiger partial charge on any atom is 0.306 e. The highest BCUT2D eigenvalue weighted by atomic mass is 16.5. The van der Waals surface area contributed by atoms with Gasteiger partial charge in [-0.05, 0) is 76.7 Å². The lowest BCUT2D eigenvalue weighted by atomic mass is 10.0. The van der Waals surface area contributed by atoms with Gasteiger partial charge in [0.05, 0.1) is 25.2 Å². The number of rotatable bonds is 40. The van der Waals surface area contributed by atoms with Gasteiger partial charge in [0.2, 0.25) is 5.91 Å². The predicted octanol–water partition coefficient (Wildman–Crippen LogP) is 13.6. The van der Waals surface area contributed by atoms with E-state index in [4.69, 9.17) is 4.74 Å². The van der Waals surface area contributed by atoms with Crippen LogP contribution in [0.15, 0.2) is 85.1 Å². The van der Waals surface area contributed by atoms with Crippen LogP contribution >= 0.6 is 0 Å². The first-order valence-corrected chi connectivity index (χ1v) is 23.3. The topological polar surface area (TPSA) is 95.9 Å². The standard InChI is InChI=1S/C51H87NO5/c1-4-7-10-13-16-19-22-24-26-28-30-33-36-39-42-47(57-51(56)44-41-38-35-32-29-27-25-23-20-17-14-11-8-5-2)45-50(55)52-48(46-53)49(54)43-40-37-34-31-21-18-15-12-9-6-3/h7-8,10-11,16-17,19-20,24,26,30,33,39,42,47-49,53-54H,4-6,9,12-15,18,21-23,25,27-29,31-32,34-38,40-41,43-46H2,1-3H3,(H,52,55)/b10-7+,11-8+,19-16+,20-17+,26-24+,33-30+,42-39+. The maximum atomic E-state index is 13.1. The van der Waals surface area contributed by atoms with Crippen molar-refractivity contribution in [1.82, 2.24) is 5.32 Å². The number of unbranched alkanes of at least 4 members (excludes halogenated alkanes) is 16. The lowest BCUT2D eigenvalue weighted by Crippen LogP contribution is -2.46. The molecule has 0 aliphatic rings. The molecule has 0 saturated heterocycles. The molecule has 0 aliphatic heterocycles. The molecule has 0 aromatic rings. The second kappa shape index (κ2) is 44.1. The Labute approximate surface area is 351 Å². The van der Waals surface area contributed by atoms with E-state index in [2.05, 4.69) is 99.0 Å². The number of ether oxygens (including phenoxy) is 1. The van der Waals surface area contributed by atoms with Gasteiger partial charge in [0.15, 0.2) is 0 Å². The van der Waals surface area contributed by atoms with Crippen LogP contribution in [-0.4, -0.2) is 46.9 Å². The van der Waals surface area contributed by atoms with E-state index < -0.39 is 18.2 Å². The van der Waals surface area contributed by atoms with Crippen molar-refractivity contribution in [3.05, 3.63) is 85.1 Å². The molecule has 0 rings (SSSR count). The molecule has 0 fully saturated rings. The SMILES string of the molecule is CC/C=C/C/C=C/C/C=C/C/C=C/C/C=C/C(CC(=O)NC(CO)C(O)CCCCCCCCCCCC)OC(=O)CCCCCCCCC/C=C/C/C=C/CC. The normalized spacial score (nSPS) is 14.1. The van der Waals surface area contributed by atoms with Crippen LogP contribution in [0.25, 0.3) is 0 Å². The number of amides is 1. The third-order valence-corrected chi connectivity index (χ3v) is 9.97. The minimum absolute atomic E-state index is 0.0530. The summed E-state index contributed by atoms with van der Waals surface area (Å²) in [5.41, 5.74) is 0. The van der Waals surface area contributed by atoms with Gasteiger partial charge in [-0.25, -0.2) is 0 Å². The molecular weight excluding hydrogens is 707 g/mol. The Morgan fingerprint density at radius 1 is 0.544 bits per heavy atom. The zero-order valence-electron chi connectivity index (χ0n) is 36.9. The van der Waals surface area contributed by atoms with Crippen molar-refractivity contribution in [1.29, 1.82) is 0 Å². The molecule has 0 aromatic heterocycles. The van der Waals surface area contributed by atoms with E-state index in [1.54, 1.807) is 6.08 Å². The highest BCUT2D eigenvalue weighted by Crippen LogP contribution is 2.15. The summed E-state index contributed by atoms with van der Waals surface area (Å²) in [6.07, 6.45) is 56.7. The smallest absolute Gasteiger partial charge is 0.306 e. The van der Waals surface area contributed by atoms with Gasteiger partial charge in [-0.15, -0.1) is 0 Å². The van der Waals surface area contributed by atoms with E-state index in [1.807, 2.05) is 6.08 Å². The van der Waals surface area contributed by atoms with Gasteiger partial charge in [-0.2, -0.15) is 0 Å². The van der Waals surface area contributed by atoms with Gasteiger partial charge in [-0.1, -0.05) is 196 Å². The number of carbonyl (C=O) groups is 2. The van der Waals surface area contributed by atoms with E-state index in [0.717, 1.165) is 83.5 Å². The van der Waals surface area contributed by atoms with Crippen LogP contribution in [0.5, 0.6) is 0 Å².